The molecule has 1 saturated heterocycles. The average Bonchev–Trinajstić information content (AvgIpc) is 3.32. The number of anilines is 1. The highest BCUT2D eigenvalue weighted by molar-refractivity contribution is 7.80. The van der Waals surface area contributed by atoms with E-state index in [4.69, 9.17) is 17.0 Å². The van der Waals surface area contributed by atoms with Crippen molar-refractivity contribution in [2.75, 3.05) is 38.1 Å². The number of H-pyrrole nitrogens is 1. The third-order valence-electron chi connectivity index (χ3n) is 6.04. The van der Waals surface area contributed by atoms with E-state index in [9.17, 15) is 4.79 Å². The number of ether oxygens (including phenoxy) is 1. The molecule has 6 nitrogen and oxygen atoms in total. The van der Waals surface area contributed by atoms with Crippen LogP contribution in [-0.4, -0.2) is 52.7 Å². The number of rotatable bonds is 8. The Hall–Kier alpha value is -2.90. The normalized spacial score (nSPS) is 13.9. The number of hydrogen-bond donors (Lipinski definition) is 2. The lowest BCUT2D eigenvalue weighted by molar-refractivity contribution is 0.289. The Morgan fingerprint density at radius 3 is 2.64 bits per heavy atom. The van der Waals surface area contributed by atoms with Gasteiger partial charge < -0.3 is 24.8 Å². The fraction of sp³-hybridized carbons (Fsp3) is 0.385. The predicted molar refractivity (Wildman–Crippen MR) is 139 cm³/mol. The van der Waals surface area contributed by atoms with E-state index >= 15 is 0 Å². The highest BCUT2D eigenvalue weighted by atomic mass is 32.1. The zero-order valence-electron chi connectivity index (χ0n) is 19.4. The summed E-state index contributed by atoms with van der Waals surface area (Å²) in [5.74, 6) is 0.797. The van der Waals surface area contributed by atoms with Crippen LogP contribution < -0.4 is 15.6 Å². The van der Waals surface area contributed by atoms with Gasteiger partial charge in [0.1, 0.15) is 5.75 Å². The second-order valence-electron chi connectivity index (χ2n) is 8.57. The summed E-state index contributed by atoms with van der Waals surface area (Å²) in [6, 6.07) is 15.9. The summed E-state index contributed by atoms with van der Waals surface area (Å²) >= 11 is 5.79. The van der Waals surface area contributed by atoms with E-state index in [1.54, 1.807) is 0 Å². The average molecular weight is 465 g/mol. The molecule has 2 aromatic carbocycles. The molecule has 0 amide bonds. The summed E-state index contributed by atoms with van der Waals surface area (Å²) in [6.45, 7) is 9.01. The van der Waals surface area contributed by atoms with Crippen molar-refractivity contribution in [3.8, 4) is 5.75 Å². The molecule has 1 fully saturated rings. The van der Waals surface area contributed by atoms with Crippen molar-refractivity contribution >= 4 is 33.9 Å². The molecule has 0 unspecified atom stereocenters. The zero-order valence-corrected chi connectivity index (χ0v) is 20.2. The lowest BCUT2D eigenvalue weighted by atomic mass is 10.1. The molecule has 1 aliphatic rings. The van der Waals surface area contributed by atoms with Crippen molar-refractivity contribution in [3.63, 3.8) is 0 Å². The largest absolute Gasteiger partial charge is 0.494 e. The summed E-state index contributed by atoms with van der Waals surface area (Å²) in [4.78, 5) is 20.4. The number of thiocarbonyl (C=S) groups is 1. The number of nitrogens with one attached hydrogen (secondary N) is 2. The van der Waals surface area contributed by atoms with Crippen LogP contribution in [0.1, 0.15) is 30.9 Å². The number of aryl methyl sites for hydroxylation is 1. The van der Waals surface area contributed by atoms with Crippen molar-refractivity contribution in [3.05, 3.63) is 70.0 Å². The number of aromatic amines is 1. The van der Waals surface area contributed by atoms with Crippen LogP contribution in [0.15, 0.2) is 53.3 Å². The molecule has 2 N–H and O–H groups in total. The lowest BCUT2D eigenvalue weighted by Gasteiger charge is -2.28. The number of pyridine rings is 1. The van der Waals surface area contributed by atoms with Gasteiger partial charge in [-0.15, -0.1) is 0 Å². The van der Waals surface area contributed by atoms with Crippen LogP contribution >= 0.6 is 12.2 Å². The third-order valence-corrected chi connectivity index (χ3v) is 6.40. The van der Waals surface area contributed by atoms with Gasteiger partial charge in [0.25, 0.3) is 5.56 Å². The monoisotopic (exact) mass is 464 g/mol. The molecule has 0 spiro atoms. The van der Waals surface area contributed by atoms with Gasteiger partial charge in [0.2, 0.25) is 0 Å². The van der Waals surface area contributed by atoms with Gasteiger partial charge in [-0.25, -0.2) is 0 Å². The van der Waals surface area contributed by atoms with E-state index in [1.165, 1.54) is 18.4 Å². The van der Waals surface area contributed by atoms with Crippen LogP contribution in [0.4, 0.5) is 5.69 Å². The van der Waals surface area contributed by atoms with Crippen molar-refractivity contribution < 1.29 is 4.74 Å². The van der Waals surface area contributed by atoms with E-state index in [-0.39, 0.29) is 5.56 Å². The van der Waals surface area contributed by atoms with Gasteiger partial charge >= 0.3 is 0 Å². The molecule has 3 aromatic rings. The first kappa shape index (κ1) is 23.3. The Kier molecular flexibility index (Phi) is 7.62. The van der Waals surface area contributed by atoms with Crippen molar-refractivity contribution in [1.82, 2.24) is 14.8 Å². The Balaban J connectivity index is 1.56. The van der Waals surface area contributed by atoms with Crippen LogP contribution in [0.25, 0.3) is 10.9 Å². The number of nitrogens with zero attached hydrogens (tertiary/aromatic N) is 2. The van der Waals surface area contributed by atoms with Crippen LogP contribution in [0.2, 0.25) is 0 Å². The molecule has 0 bridgehead atoms. The first-order valence-corrected chi connectivity index (χ1v) is 12.1. The van der Waals surface area contributed by atoms with E-state index < -0.39 is 0 Å². The van der Waals surface area contributed by atoms with Crippen LogP contribution in [0, 0.1) is 6.92 Å². The summed E-state index contributed by atoms with van der Waals surface area (Å²) in [7, 11) is 0. The topological polar surface area (TPSA) is 60.6 Å². The first-order chi connectivity index (χ1) is 16.0. The zero-order chi connectivity index (χ0) is 23.2. The predicted octanol–water partition coefficient (Wildman–Crippen LogP) is 4.53. The molecule has 33 heavy (non-hydrogen) atoms. The molecule has 7 heteroatoms. The number of aromatic nitrogens is 1. The lowest BCUT2D eigenvalue weighted by Crippen LogP contribution is -2.40. The van der Waals surface area contributed by atoms with E-state index in [1.807, 2.05) is 43.3 Å². The molecule has 0 saturated carbocycles. The summed E-state index contributed by atoms with van der Waals surface area (Å²) in [5.41, 5.74) is 3.55. The molecule has 1 aromatic heterocycles. The van der Waals surface area contributed by atoms with Gasteiger partial charge in [-0.2, -0.15) is 0 Å². The number of benzene rings is 2. The Morgan fingerprint density at radius 1 is 1.15 bits per heavy atom. The Morgan fingerprint density at radius 2 is 1.91 bits per heavy atom. The fourth-order valence-electron chi connectivity index (χ4n) is 4.17. The molecule has 0 radical (unpaired) electrons. The van der Waals surface area contributed by atoms with Crippen molar-refractivity contribution in [2.45, 2.75) is 33.2 Å². The minimum Gasteiger partial charge on any atom is -0.494 e. The van der Waals surface area contributed by atoms with Gasteiger partial charge in [-0.1, -0.05) is 17.7 Å². The van der Waals surface area contributed by atoms with Gasteiger partial charge in [0, 0.05) is 35.2 Å². The highest BCUT2D eigenvalue weighted by Crippen LogP contribution is 2.20. The van der Waals surface area contributed by atoms with Gasteiger partial charge in [-0.05, 0) is 88.4 Å². The van der Waals surface area contributed by atoms with E-state index in [0.29, 0.717) is 23.8 Å². The maximum absolute atomic E-state index is 12.9. The first-order valence-electron chi connectivity index (χ1n) is 11.7. The minimum atomic E-state index is -0.0871. The fourth-order valence-corrected chi connectivity index (χ4v) is 4.44. The van der Waals surface area contributed by atoms with Crippen LogP contribution in [-0.2, 0) is 6.54 Å². The van der Waals surface area contributed by atoms with Crippen molar-refractivity contribution in [1.29, 1.82) is 0 Å². The maximum Gasteiger partial charge on any atom is 0.253 e. The second-order valence-corrected chi connectivity index (χ2v) is 8.96. The summed E-state index contributed by atoms with van der Waals surface area (Å²) in [5, 5.41) is 4.93. The quantitative estimate of drug-likeness (QED) is 0.478. The molecular weight excluding hydrogens is 432 g/mol. The Labute approximate surface area is 200 Å². The molecule has 0 atom stereocenters. The van der Waals surface area contributed by atoms with E-state index in [2.05, 4.69) is 39.2 Å². The van der Waals surface area contributed by atoms with Crippen molar-refractivity contribution in [2.24, 2.45) is 0 Å². The van der Waals surface area contributed by atoms with Gasteiger partial charge in [0.15, 0.2) is 5.11 Å². The molecule has 174 valence electrons. The molecule has 4 rings (SSSR count). The SMILES string of the molecule is CCOc1ccc2[nH]c(=O)c(CN(CCN3CCCC3)C(=S)Nc3ccc(C)cc3)cc2c1. The highest BCUT2D eigenvalue weighted by Gasteiger charge is 2.17. The van der Waals surface area contributed by atoms with Crippen LogP contribution in [0.5, 0.6) is 5.75 Å². The molecule has 0 aliphatic carbocycles. The van der Waals surface area contributed by atoms with Gasteiger partial charge in [-0.3, -0.25) is 4.79 Å². The number of hydrogen-bond acceptors (Lipinski definition) is 4. The molecule has 1 aliphatic heterocycles. The molecule has 2 heterocycles. The second kappa shape index (κ2) is 10.8. The number of likely N-dealkylation sites (tertiary alicyclic amines) is 1. The standard InChI is InChI=1S/C26H32N4O2S/c1-3-32-23-10-11-24-20(17-23)16-21(25(31)28-24)18-30(15-14-29-12-4-5-13-29)26(33)27-22-8-6-19(2)7-9-22/h6-11,16-17H,3-5,12-15,18H2,1-2H3,(H,27,33)(H,28,31). The smallest absolute Gasteiger partial charge is 0.253 e. The molecular formula is C26H32N4O2S. The Bertz CT molecular complexity index is 1150. The summed E-state index contributed by atoms with van der Waals surface area (Å²) in [6.07, 6.45) is 2.50. The third kappa shape index (κ3) is 6.12. The van der Waals surface area contributed by atoms with Crippen LogP contribution in [0.3, 0.4) is 0 Å². The summed E-state index contributed by atoms with van der Waals surface area (Å²) < 4.78 is 5.63. The van der Waals surface area contributed by atoms with Gasteiger partial charge in [0.05, 0.1) is 13.2 Å². The maximum atomic E-state index is 12.9. The number of fused-ring (bicyclic) bond motifs is 1. The van der Waals surface area contributed by atoms with E-state index in [0.717, 1.165) is 48.5 Å². The minimum absolute atomic E-state index is 0.0871.